The average molecular weight is 432 g/mol. The fourth-order valence-electron chi connectivity index (χ4n) is 2.76. The number of thioether (sulfide) groups is 1. The van der Waals surface area contributed by atoms with Gasteiger partial charge >= 0.3 is 0 Å². The third kappa shape index (κ3) is 4.91. The normalized spacial score (nSPS) is 12.3. The van der Waals surface area contributed by atoms with Crippen molar-refractivity contribution in [3.8, 4) is 11.3 Å². The smallest absolute Gasteiger partial charge is 0.268 e. The maximum Gasteiger partial charge on any atom is 0.268 e. The Morgan fingerprint density at radius 2 is 1.90 bits per heavy atom. The zero-order chi connectivity index (χ0) is 21.2. The molecule has 0 spiro atoms. The first-order chi connectivity index (χ1) is 13.6. The number of halogens is 1. The summed E-state index contributed by atoms with van der Waals surface area (Å²) in [5, 5.41) is 20.7. The predicted octanol–water partition coefficient (Wildman–Crippen LogP) is 2.11. The molecule has 0 saturated heterocycles. The van der Waals surface area contributed by atoms with E-state index in [0.29, 0.717) is 5.56 Å². The molecule has 6 nitrogen and oxygen atoms in total. The van der Waals surface area contributed by atoms with Gasteiger partial charge in [-0.05, 0) is 48.2 Å². The second kappa shape index (κ2) is 8.33. The number of benzene rings is 2. The van der Waals surface area contributed by atoms with E-state index in [0.717, 1.165) is 8.87 Å². The zero-order valence-electron chi connectivity index (χ0n) is 15.4. The average Bonchev–Trinajstić information content (AvgIpc) is 3.11. The van der Waals surface area contributed by atoms with Crippen molar-refractivity contribution >= 4 is 29.6 Å². The Balaban J connectivity index is 2.15. The highest BCUT2D eigenvalue weighted by molar-refractivity contribution is 7.98. The third-order valence-corrected chi connectivity index (χ3v) is 6.54. The molecule has 3 rings (SSSR count). The van der Waals surface area contributed by atoms with Gasteiger partial charge in [-0.3, -0.25) is 5.32 Å². The van der Waals surface area contributed by atoms with Gasteiger partial charge in [0, 0.05) is 23.2 Å². The lowest BCUT2D eigenvalue weighted by atomic mass is 10.0. The van der Waals surface area contributed by atoms with Gasteiger partial charge in [0.05, 0.1) is 10.6 Å². The minimum Gasteiger partial charge on any atom is -0.362 e. The van der Waals surface area contributed by atoms with Crippen LogP contribution in [0.3, 0.4) is 0 Å². The van der Waals surface area contributed by atoms with E-state index < -0.39 is 21.7 Å². The zero-order valence-corrected chi connectivity index (χ0v) is 17.0. The summed E-state index contributed by atoms with van der Waals surface area (Å²) < 4.78 is 42.0. The van der Waals surface area contributed by atoms with Gasteiger partial charge in [0.2, 0.25) is 0 Å². The van der Waals surface area contributed by atoms with Crippen LogP contribution < -0.4 is 5.32 Å². The van der Waals surface area contributed by atoms with Crippen LogP contribution in [-0.2, 0) is 16.6 Å². The highest BCUT2D eigenvalue weighted by Crippen LogP contribution is 2.30. The molecule has 3 N–H and O–H groups in total. The molecular formula is C19H18BFN2O4S2. The molecule has 3 aromatic rings. The number of hydrogen-bond donors (Lipinski definition) is 3. The van der Waals surface area contributed by atoms with E-state index in [2.05, 4.69) is 5.32 Å². The molecule has 0 atom stereocenters. The fraction of sp³-hybridized carbons (Fsp3) is 0.158. The minimum absolute atomic E-state index is 0.0505. The van der Waals surface area contributed by atoms with Gasteiger partial charge in [0.25, 0.3) is 10.0 Å². The van der Waals surface area contributed by atoms with Gasteiger partial charge in [-0.25, -0.2) is 16.8 Å². The van der Waals surface area contributed by atoms with Crippen LogP contribution in [0.2, 0.25) is 0 Å². The van der Waals surface area contributed by atoms with Gasteiger partial charge in [-0.15, -0.1) is 11.8 Å². The summed E-state index contributed by atoms with van der Waals surface area (Å²) in [7, 11) is 1.04. The van der Waals surface area contributed by atoms with Gasteiger partial charge < -0.3 is 10.2 Å². The summed E-state index contributed by atoms with van der Waals surface area (Å²) >= 11 is 1.40. The molecule has 0 saturated carbocycles. The lowest BCUT2D eigenvalue weighted by molar-refractivity contribution is -0.112. The van der Waals surface area contributed by atoms with Crippen LogP contribution in [-0.4, -0.2) is 42.5 Å². The molecule has 150 valence electrons. The van der Waals surface area contributed by atoms with Gasteiger partial charge in [-0.1, -0.05) is 18.2 Å². The molecular weight excluding hydrogens is 414 g/mol. The maximum atomic E-state index is 14.4. The van der Waals surface area contributed by atoms with Crippen LogP contribution >= 0.6 is 11.8 Å². The molecule has 0 unspecified atom stereocenters. The molecule has 29 heavy (non-hydrogen) atoms. The number of rotatable bonds is 7. The summed E-state index contributed by atoms with van der Waals surface area (Å²) in [6.45, 7) is -0.154. The minimum atomic E-state index is -4.05. The standard InChI is InChI=1S/C19H18BFN2O4S2/c1-28-14-5-4-6-15(10-14)29(26,27)23-12-13(11-22-19(20,24)25)9-18(23)16-7-2-3-8-17(16)21/h2-10,12,22,24-25H,11H2,1H3. The van der Waals surface area contributed by atoms with Crippen molar-refractivity contribution in [3.05, 3.63) is 72.2 Å². The first-order valence-electron chi connectivity index (χ1n) is 8.46. The maximum absolute atomic E-state index is 14.4. The Morgan fingerprint density at radius 1 is 1.17 bits per heavy atom. The quantitative estimate of drug-likeness (QED) is 0.301. The Hall–Kier alpha value is -2.11. The summed E-state index contributed by atoms with van der Waals surface area (Å²) in [5.41, 5.74) is 0.564. The van der Waals surface area contributed by atoms with Crippen LogP contribution in [0.5, 0.6) is 0 Å². The Morgan fingerprint density at radius 3 is 2.55 bits per heavy atom. The lowest BCUT2D eigenvalue weighted by Crippen LogP contribution is -2.44. The number of aliphatic hydroxyl groups is 2. The van der Waals surface area contributed by atoms with Crippen LogP contribution in [0, 0.1) is 5.82 Å². The lowest BCUT2D eigenvalue weighted by Gasteiger charge is -2.17. The summed E-state index contributed by atoms with van der Waals surface area (Å²) in [6.07, 6.45) is 3.13. The van der Waals surface area contributed by atoms with Crippen molar-refractivity contribution in [1.82, 2.24) is 9.29 Å². The molecule has 1 heterocycles. The predicted molar refractivity (Wildman–Crippen MR) is 110 cm³/mol. The van der Waals surface area contributed by atoms with Crippen molar-refractivity contribution in [2.24, 2.45) is 0 Å². The van der Waals surface area contributed by atoms with Crippen LogP contribution in [0.1, 0.15) is 5.56 Å². The number of hydrogen-bond acceptors (Lipinski definition) is 6. The molecule has 0 aliphatic carbocycles. The van der Waals surface area contributed by atoms with E-state index in [1.165, 1.54) is 54.4 Å². The molecule has 2 aromatic carbocycles. The monoisotopic (exact) mass is 432 g/mol. The first-order valence-corrected chi connectivity index (χ1v) is 11.1. The van der Waals surface area contributed by atoms with E-state index in [4.69, 9.17) is 7.85 Å². The molecule has 0 bridgehead atoms. The second-order valence-electron chi connectivity index (χ2n) is 6.27. The number of nitrogens with one attached hydrogen (secondary N) is 1. The summed E-state index contributed by atoms with van der Waals surface area (Å²) in [6, 6.07) is 13.7. The third-order valence-electron chi connectivity index (χ3n) is 4.14. The molecule has 10 heteroatoms. The Kier molecular flexibility index (Phi) is 6.20. The largest absolute Gasteiger partial charge is 0.362 e. The summed E-state index contributed by atoms with van der Waals surface area (Å²) in [4.78, 5) is 0.815. The highest BCUT2D eigenvalue weighted by Gasteiger charge is 2.24. The van der Waals surface area contributed by atoms with E-state index in [-0.39, 0.29) is 22.7 Å². The fourth-order valence-corrected chi connectivity index (χ4v) is 4.74. The van der Waals surface area contributed by atoms with Crippen molar-refractivity contribution in [2.75, 3.05) is 6.26 Å². The highest BCUT2D eigenvalue weighted by atomic mass is 32.2. The van der Waals surface area contributed by atoms with Gasteiger partial charge in [0.15, 0.2) is 13.7 Å². The molecule has 2 radical (unpaired) electrons. The molecule has 0 aliphatic rings. The number of nitrogens with zero attached hydrogens (tertiary/aromatic N) is 1. The molecule has 0 amide bonds. The van der Waals surface area contributed by atoms with Crippen LogP contribution in [0.25, 0.3) is 11.3 Å². The molecule has 0 fully saturated rings. The number of aromatic nitrogens is 1. The molecule has 1 aromatic heterocycles. The van der Waals surface area contributed by atoms with Gasteiger partial charge in [0.1, 0.15) is 5.82 Å². The first kappa shape index (κ1) is 21.6. The summed E-state index contributed by atoms with van der Waals surface area (Å²) in [5.74, 6) is -3.22. The van der Waals surface area contributed by atoms with Crippen molar-refractivity contribution in [2.45, 2.75) is 22.1 Å². The molecule has 0 aliphatic heterocycles. The topological polar surface area (TPSA) is 91.6 Å². The van der Waals surface area contributed by atoms with Crippen LogP contribution in [0.4, 0.5) is 4.39 Å². The Bertz CT molecular complexity index is 1130. The van der Waals surface area contributed by atoms with Crippen molar-refractivity contribution in [1.29, 1.82) is 0 Å². The second-order valence-corrected chi connectivity index (χ2v) is 8.97. The van der Waals surface area contributed by atoms with E-state index in [9.17, 15) is 23.0 Å². The van der Waals surface area contributed by atoms with Crippen molar-refractivity contribution < 1.29 is 23.0 Å². The van der Waals surface area contributed by atoms with Crippen molar-refractivity contribution in [3.63, 3.8) is 0 Å². The Labute approximate surface area is 173 Å². The van der Waals surface area contributed by atoms with E-state index >= 15 is 0 Å². The van der Waals surface area contributed by atoms with Crippen LogP contribution in [0.15, 0.2) is 70.6 Å². The SMILES string of the molecule is [B]C(O)(O)NCc1cc(-c2ccccc2F)n(S(=O)(=O)c2cccc(SC)c2)c1. The van der Waals surface area contributed by atoms with Gasteiger partial charge in [-0.2, -0.15) is 0 Å². The van der Waals surface area contributed by atoms with E-state index in [1.54, 1.807) is 18.2 Å². The van der Waals surface area contributed by atoms with E-state index in [1.807, 2.05) is 6.26 Å².